The number of urea groups is 1. The molecule has 2 N–H and O–H groups in total. The minimum atomic E-state index is -4.94. The van der Waals surface area contributed by atoms with Gasteiger partial charge in [-0.3, -0.25) is 0 Å². The first-order chi connectivity index (χ1) is 16.3. The van der Waals surface area contributed by atoms with E-state index in [1.807, 2.05) is 0 Å². The second kappa shape index (κ2) is 10.5. The monoisotopic (exact) mass is 541 g/mol. The Labute approximate surface area is 206 Å². The number of benzene rings is 2. The van der Waals surface area contributed by atoms with Crippen molar-refractivity contribution >= 4 is 34.9 Å². The van der Waals surface area contributed by atoms with Gasteiger partial charge in [-0.15, -0.1) is 0 Å². The van der Waals surface area contributed by atoms with Crippen LogP contribution in [0.4, 0.5) is 31.1 Å². The summed E-state index contributed by atoms with van der Waals surface area (Å²) in [5, 5.41) is 8.65. The van der Waals surface area contributed by atoms with Crippen LogP contribution in [0.5, 0.6) is 0 Å². The van der Waals surface area contributed by atoms with Crippen molar-refractivity contribution in [2.45, 2.75) is 44.3 Å². The number of rotatable bonds is 6. The number of alkyl halides is 6. The minimum Gasteiger partial charge on any atom is -0.391 e. The number of carbonyl (C=O) groups excluding carboxylic acids is 1. The number of oxime groups is 1. The second-order valence-electron chi connectivity index (χ2n) is 7.70. The molecule has 0 aliphatic carbocycles. The quantitative estimate of drug-likeness (QED) is 0.401. The number of amides is 2. The SMILES string of the molecule is CCNC(=O)NCc1ccc(C2=NOC(C(c3cc(Cl)cc(C(F)(F)F)c3)C(F)(F)F)C2)cc1Cl. The average Bonchev–Trinajstić information content (AvgIpc) is 3.20. The Bertz CT molecular complexity index is 1120. The summed E-state index contributed by atoms with van der Waals surface area (Å²) in [7, 11) is 0. The van der Waals surface area contributed by atoms with Crippen molar-refractivity contribution in [3.05, 3.63) is 68.7 Å². The molecule has 0 saturated carbocycles. The highest BCUT2D eigenvalue weighted by molar-refractivity contribution is 6.32. The van der Waals surface area contributed by atoms with E-state index in [0.717, 1.165) is 6.07 Å². The molecule has 0 radical (unpaired) electrons. The van der Waals surface area contributed by atoms with Crippen LogP contribution in [0.25, 0.3) is 0 Å². The Morgan fingerprint density at radius 2 is 1.83 bits per heavy atom. The molecule has 190 valence electrons. The molecular weight excluding hydrogens is 523 g/mol. The minimum absolute atomic E-state index is 0.114. The van der Waals surface area contributed by atoms with E-state index in [2.05, 4.69) is 15.8 Å². The van der Waals surface area contributed by atoms with Crippen molar-refractivity contribution in [2.75, 3.05) is 6.54 Å². The van der Waals surface area contributed by atoms with E-state index < -0.39 is 46.6 Å². The van der Waals surface area contributed by atoms with Crippen molar-refractivity contribution in [3.8, 4) is 0 Å². The first kappa shape index (κ1) is 26.9. The summed E-state index contributed by atoms with van der Waals surface area (Å²) < 4.78 is 81.3. The van der Waals surface area contributed by atoms with Gasteiger partial charge in [-0.2, -0.15) is 26.3 Å². The number of carbonyl (C=O) groups is 1. The summed E-state index contributed by atoms with van der Waals surface area (Å²) >= 11 is 11.9. The molecule has 0 aromatic heterocycles. The van der Waals surface area contributed by atoms with Gasteiger partial charge in [-0.25, -0.2) is 4.79 Å². The largest absolute Gasteiger partial charge is 0.416 e. The van der Waals surface area contributed by atoms with Crippen LogP contribution in [0.15, 0.2) is 41.6 Å². The van der Waals surface area contributed by atoms with Gasteiger partial charge in [0.1, 0.15) is 12.0 Å². The van der Waals surface area contributed by atoms with Crippen LogP contribution in [-0.2, 0) is 17.6 Å². The Morgan fingerprint density at radius 3 is 2.43 bits per heavy atom. The maximum atomic E-state index is 14.0. The first-order valence-electron chi connectivity index (χ1n) is 10.3. The Hall–Kier alpha value is -2.66. The molecule has 0 spiro atoms. The van der Waals surface area contributed by atoms with Crippen molar-refractivity contribution < 1.29 is 36.0 Å². The molecule has 0 bridgehead atoms. The number of halogens is 8. The lowest BCUT2D eigenvalue weighted by Crippen LogP contribution is -2.34. The molecule has 35 heavy (non-hydrogen) atoms. The Balaban J connectivity index is 1.81. The summed E-state index contributed by atoms with van der Waals surface area (Å²) in [6.07, 6.45) is -11.7. The summed E-state index contributed by atoms with van der Waals surface area (Å²) in [5.41, 5.74) is -0.889. The predicted octanol–water partition coefficient (Wildman–Crippen LogP) is 6.67. The van der Waals surface area contributed by atoms with E-state index in [4.69, 9.17) is 28.0 Å². The van der Waals surface area contributed by atoms with Crippen LogP contribution in [0, 0.1) is 0 Å². The van der Waals surface area contributed by atoms with Gasteiger partial charge >= 0.3 is 18.4 Å². The third-order valence-electron chi connectivity index (χ3n) is 5.19. The van der Waals surface area contributed by atoms with Crippen LogP contribution in [0.1, 0.15) is 41.5 Å². The summed E-state index contributed by atoms with van der Waals surface area (Å²) in [6.45, 7) is 2.30. The van der Waals surface area contributed by atoms with Gasteiger partial charge in [-0.05, 0) is 42.3 Å². The van der Waals surface area contributed by atoms with Crippen molar-refractivity contribution in [3.63, 3.8) is 0 Å². The van der Waals surface area contributed by atoms with Gasteiger partial charge in [0.2, 0.25) is 0 Å². The van der Waals surface area contributed by atoms with E-state index in [0.29, 0.717) is 29.8 Å². The van der Waals surface area contributed by atoms with E-state index in [9.17, 15) is 31.1 Å². The lowest BCUT2D eigenvalue weighted by molar-refractivity contribution is -0.176. The molecule has 2 aromatic rings. The van der Waals surface area contributed by atoms with Crippen LogP contribution < -0.4 is 10.6 Å². The van der Waals surface area contributed by atoms with Crippen molar-refractivity contribution in [1.29, 1.82) is 0 Å². The fraction of sp³-hybridized carbons (Fsp3) is 0.364. The van der Waals surface area contributed by atoms with Crippen molar-refractivity contribution in [2.24, 2.45) is 5.16 Å². The van der Waals surface area contributed by atoms with Crippen LogP contribution in [-0.4, -0.2) is 30.6 Å². The normalized spacial score (nSPS) is 16.9. The van der Waals surface area contributed by atoms with E-state index >= 15 is 0 Å². The number of nitrogens with zero attached hydrogens (tertiary/aromatic N) is 1. The lowest BCUT2D eigenvalue weighted by atomic mass is 9.88. The van der Waals surface area contributed by atoms with Gasteiger partial charge in [0.25, 0.3) is 0 Å². The van der Waals surface area contributed by atoms with E-state index in [-0.39, 0.29) is 23.7 Å². The maximum absolute atomic E-state index is 14.0. The molecular formula is C22H19Cl2F6N3O2. The molecule has 2 amide bonds. The summed E-state index contributed by atoms with van der Waals surface area (Å²) in [4.78, 5) is 16.6. The molecule has 3 rings (SSSR count). The predicted molar refractivity (Wildman–Crippen MR) is 119 cm³/mol. The van der Waals surface area contributed by atoms with Crippen LogP contribution in [0.3, 0.4) is 0 Å². The molecule has 2 unspecified atom stereocenters. The maximum Gasteiger partial charge on any atom is 0.416 e. The molecule has 5 nitrogen and oxygen atoms in total. The highest BCUT2D eigenvalue weighted by Crippen LogP contribution is 2.44. The van der Waals surface area contributed by atoms with Gasteiger partial charge in [0.15, 0.2) is 0 Å². The van der Waals surface area contributed by atoms with Gasteiger partial charge in [-0.1, -0.05) is 40.5 Å². The van der Waals surface area contributed by atoms with Crippen LogP contribution in [0.2, 0.25) is 10.0 Å². The molecule has 0 saturated heterocycles. The lowest BCUT2D eigenvalue weighted by Gasteiger charge is -2.25. The third kappa shape index (κ3) is 6.72. The summed E-state index contributed by atoms with van der Waals surface area (Å²) in [6, 6.07) is 6.01. The number of hydrogen-bond donors (Lipinski definition) is 2. The molecule has 13 heteroatoms. The number of hydrogen-bond acceptors (Lipinski definition) is 3. The zero-order valence-corrected chi connectivity index (χ0v) is 19.5. The second-order valence-corrected chi connectivity index (χ2v) is 8.54. The Kier molecular flexibility index (Phi) is 8.10. The highest BCUT2D eigenvalue weighted by Gasteiger charge is 2.50. The van der Waals surface area contributed by atoms with Gasteiger partial charge < -0.3 is 15.5 Å². The molecule has 2 aromatic carbocycles. The molecule has 1 aliphatic heterocycles. The zero-order chi connectivity index (χ0) is 26.0. The first-order valence-corrected chi connectivity index (χ1v) is 11.0. The smallest absolute Gasteiger partial charge is 0.391 e. The Morgan fingerprint density at radius 1 is 1.11 bits per heavy atom. The number of nitrogens with one attached hydrogen (secondary N) is 2. The van der Waals surface area contributed by atoms with Crippen LogP contribution >= 0.6 is 23.2 Å². The third-order valence-corrected chi connectivity index (χ3v) is 5.76. The molecule has 1 aliphatic rings. The zero-order valence-electron chi connectivity index (χ0n) is 18.0. The highest BCUT2D eigenvalue weighted by atomic mass is 35.5. The fourth-order valence-corrected chi connectivity index (χ4v) is 4.08. The van der Waals surface area contributed by atoms with Crippen molar-refractivity contribution in [1.82, 2.24) is 10.6 Å². The molecule has 2 atom stereocenters. The van der Waals surface area contributed by atoms with E-state index in [1.54, 1.807) is 19.1 Å². The standard InChI is InChI=1S/C22H19Cl2F6N3O2/c1-2-31-20(34)32-10-12-4-3-11(7-16(12)24)17-9-18(35-33-17)19(22(28,29)30)13-5-14(21(25,26)27)8-15(23)6-13/h3-8,18-19H,2,9-10H2,1H3,(H2,31,32,34). The molecule has 1 heterocycles. The molecule has 0 fully saturated rings. The summed E-state index contributed by atoms with van der Waals surface area (Å²) in [5.74, 6) is -2.40. The fourth-order valence-electron chi connectivity index (χ4n) is 3.58. The van der Waals surface area contributed by atoms with E-state index in [1.165, 1.54) is 6.07 Å². The van der Waals surface area contributed by atoms with Gasteiger partial charge in [0.05, 0.1) is 11.3 Å². The topological polar surface area (TPSA) is 62.7 Å². The average molecular weight is 542 g/mol. The van der Waals surface area contributed by atoms with Gasteiger partial charge in [0, 0.05) is 35.1 Å².